The van der Waals surface area contributed by atoms with Crippen LogP contribution < -0.4 is 16.0 Å². The average Bonchev–Trinajstić information content (AvgIpc) is 2.78. The summed E-state index contributed by atoms with van der Waals surface area (Å²) in [5.41, 5.74) is 0.947. The molecule has 0 spiro atoms. The molecule has 2 amide bonds. The quantitative estimate of drug-likeness (QED) is 0.469. The van der Waals surface area contributed by atoms with Crippen molar-refractivity contribution in [2.24, 2.45) is 0 Å². The van der Waals surface area contributed by atoms with Crippen molar-refractivity contribution in [3.63, 3.8) is 0 Å². The van der Waals surface area contributed by atoms with Crippen molar-refractivity contribution in [2.45, 2.75) is 19.1 Å². The van der Waals surface area contributed by atoms with E-state index in [1.165, 1.54) is 24.3 Å². The fraction of sp³-hybridized carbons (Fsp3) is 0.167. The smallest absolute Gasteiger partial charge is 0.376 e. The number of carbonyl (C=O) groups excluding carboxylic acids is 2. The van der Waals surface area contributed by atoms with E-state index < -0.39 is 17.6 Å². The van der Waals surface area contributed by atoms with Gasteiger partial charge in [-0.15, -0.1) is 0 Å². The molecule has 3 aromatic rings. The van der Waals surface area contributed by atoms with Gasteiger partial charge in [-0.05, 0) is 48.9 Å². The first-order valence-electron chi connectivity index (χ1n) is 9.89. The third-order valence-corrected chi connectivity index (χ3v) is 4.70. The first-order valence-corrected chi connectivity index (χ1v) is 9.89. The lowest BCUT2D eigenvalue weighted by Gasteiger charge is -2.15. The molecule has 0 unspecified atom stereocenters. The molecule has 0 saturated heterocycles. The Balaban J connectivity index is 1.58. The third-order valence-electron chi connectivity index (χ3n) is 4.70. The summed E-state index contributed by atoms with van der Waals surface area (Å²) >= 11 is 0. The van der Waals surface area contributed by atoms with Gasteiger partial charge in [-0.1, -0.05) is 42.5 Å². The van der Waals surface area contributed by atoms with Gasteiger partial charge in [0.25, 0.3) is 5.91 Å². The number of amides is 2. The lowest BCUT2D eigenvalue weighted by molar-refractivity contribution is -0.137. The predicted octanol–water partition coefficient (Wildman–Crippen LogP) is 5.25. The Morgan fingerprint density at radius 1 is 0.875 bits per heavy atom. The summed E-state index contributed by atoms with van der Waals surface area (Å²) in [6.07, 6.45) is -4.50. The van der Waals surface area contributed by atoms with E-state index >= 15 is 0 Å². The highest BCUT2D eigenvalue weighted by molar-refractivity contribution is 6.04. The number of anilines is 2. The number of rotatable bonds is 7. The van der Waals surface area contributed by atoms with Crippen LogP contribution in [0.2, 0.25) is 0 Å². The Labute approximate surface area is 183 Å². The molecule has 0 fully saturated rings. The monoisotopic (exact) mass is 441 g/mol. The summed E-state index contributed by atoms with van der Waals surface area (Å²) in [5.74, 6) is -0.782. The van der Waals surface area contributed by atoms with E-state index in [2.05, 4.69) is 16.0 Å². The van der Waals surface area contributed by atoms with Gasteiger partial charge < -0.3 is 16.0 Å². The normalized spacial score (nSPS) is 12.0. The van der Waals surface area contributed by atoms with E-state index in [1.54, 1.807) is 12.1 Å². The fourth-order valence-electron chi connectivity index (χ4n) is 3.05. The summed E-state index contributed by atoms with van der Waals surface area (Å²) in [7, 11) is 0. The Morgan fingerprint density at radius 3 is 2.28 bits per heavy atom. The van der Waals surface area contributed by atoms with Gasteiger partial charge >= 0.3 is 6.18 Å². The molecule has 0 saturated carbocycles. The maximum atomic E-state index is 12.9. The zero-order valence-electron chi connectivity index (χ0n) is 17.2. The molecule has 0 aliphatic heterocycles. The van der Waals surface area contributed by atoms with Crippen LogP contribution in [0.1, 0.15) is 34.5 Å². The number of carbonyl (C=O) groups is 2. The molecule has 0 aliphatic rings. The SMILES string of the molecule is C[C@H](NC(=O)CNc1cccc(C(=O)Nc2cccc(C(F)(F)F)c2)c1)c1ccccc1. The van der Waals surface area contributed by atoms with E-state index in [9.17, 15) is 22.8 Å². The summed E-state index contributed by atoms with van der Waals surface area (Å²) in [6, 6.07) is 20.2. The fourth-order valence-corrected chi connectivity index (χ4v) is 3.05. The molecule has 0 aliphatic carbocycles. The van der Waals surface area contributed by atoms with Crippen LogP contribution in [0.5, 0.6) is 0 Å². The maximum absolute atomic E-state index is 12.9. The molecular formula is C24H22F3N3O2. The summed E-state index contributed by atoms with van der Waals surface area (Å²) in [6.45, 7) is 1.88. The van der Waals surface area contributed by atoms with E-state index in [0.717, 1.165) is 17.7 Å². The van der Waals surface area contributed by atoms with Gasteiger partial charge in [-0.25, -0.2) is 0 Å². The highest BCUT2D eigenvalue weighted by atomic mass is 19.4. The van der Waals surface area contributed by atoms with E-state index in [0.29, 0.717) is 5.69 Å². The van der Waals surface area contributed by atoms with Crippen molar-refractivity contribution in [1.29, 1.82) is 0 Å². The Kier molecular flexibility index (Phi) is 7.14. The molecule has 166 valence electrons. The topological polar surface area (TPSA) is 70.2 Å². The van der Waals surface area contributed by atoms with Crippen molar-refractivity contribution in [1.82, 2.24) is 5.32 Å². The average molecular weight is 441 g/mol. The van der Waals surface area contributed by atoms with E-state index in [-0.39, 0.29) is 29.7 Å². The summed E-state index contributed by atoms with van der Waals surface area (Å²) in [5, 5.41) is 8.29. The van der Waals surface area contributed by atoms with Crippen molar-refractivity contribution < 1.29 is 22.8 Å². The summed E-state index contributed by atoms with van der Waals surface area (Å²) in [4.78, 5) is 24.7. The van der Waals surface area contributed by atoms with Crippen molar-refractivity contribution in [3.8, 4) is 0 Å². The second-order valence-electron chi connectivity index (χ2n) is 7.17. The largest absolute Gasteiger partial charge is 0.416 e. The zero-order chi connectivity index (χ0) is 23.1. The lowest BCUT2D eigenvalue weighted by Crippen LogP contribution is -2.32. The molecule has 8 heteroatoms. The van der Waals surface area contributed by atoms with E-state index in [4.69, 9.17) is 0 Å². The van der Waals surface area contributed by atoms with Gasteiger partial charge in [-0.2, -0.15) is 13.2 Å². The Bertz CT molecular complexity index is 1090. The van der Waals surface area contributed by atoms with Crippen molar-refractivity contribution >= 4 is 23.2 Å². The van der Waals surface area contributed by atoms with Crippen molar-refractivity contribution in [2.75, 3.05) is 17.2 Å². The van der Waals surface area contributed by atoms with Crippen molar-refractivity contribution in [3.05, 3.63) is 95.6 Å². The van der Waals surface area contributed by atoms with Gasteiger partial charge in [0.2, 0.25) is 5.91 Å². The first kappa shape index (κ1) is 22.9. The zero-order valence-corrected chi connectivity index (χ0v) is 17.2. The highest BCUT2D eigenvalue weighted by Crippen LogP contribution is 2.30. The van der Waals surface area contributed by atoms with Crippen LogP contribution in [0.15, 0.2) is 78.9 Å². The third kappa shape index (κ3) is 6.34. The molecule has 0 bridgehead atoms. The van der Waals surface area contributed by atoms with Crippen LogP contribution in [-0.2, 0) is 11.0 Å². The molecule has 0 heterocycles. The molecule has 32 heavy (non-hydrogen) atoms. The molecule has 0 radical (unpaired) electrons. The highest BCUT2D eigenvalue weighted by Gasteiger charge is 2.30. The van der Waals surface area contributed by atoms with Crippen LogP contribution >= 0.6 is 0 Å². The number of nitrogens with one attached hydrogen (secondary N) is 3. The number of halogens is 3. The molecule has 5 nitrogen and oxygen atoms in total. The first-order chi connectivity index (χ1) is 15.2. The number of hydrogen-bond donors (Lipinski definition) is 3. The number of alkyl halides is 3. The predicted molar refractivity (Wildman–Crippen MR) is 117 cm³/mol. The van der Waals surface area contributed by atoms with Gasteiger partial charge in [-0.3, -0.25) is 9.59 Å². The van der Waals surface area contributed by atoms with Gasteiger partial charge in [0.1, 0.15) is 0 Å². The van der Waals surface area contributed by atoms with Gasteiger partial charge in [0.05, 0.1) is 18.2 Å². The lowest BCUT2D eigenvalue weighted by atomic mass is 10.1. The minimum atomic E-state index is -4.50. The second kappa shape index (κ2) is 10.00. The molecule has 0 aromatic heterocycles. The molecule has 1 atom stereocenters. The second-order valence-corrected chi connectivity index (χ2v) is 7.17. The maximum Gasteiger partial charge on any atom is 0.416 e. The van der Waals surface area contributed by atoms with Crippen LogP contribution in [0.3, 0.4) is 0 Å². The van der Waals surface area contributed by atoms with Crippen LogP contribution in [0.4, 0.5) is 24.5 Å². The van der Waals surface area contributed by atoms with Crippen LogP contribution in [0.25, 0.3) is 0 Å². The molecule has 3 aromatic carbocycles. The molecular weight excluding hydrogens is 419 g/mol. The standard InChI is InChI=1S/C24H22F3N3O2/c1-16(17-7-3-2-4-8-17)29-22(31)15-28-20-11-5-9-18(13-20)23(32)30-21-12-6-10-19(14-21)24(25,26)27/h2-14,16,28H,15H2,1H3,(H,29,31)(H,30,32)/t16-/m0/s1. The Morgan fingerprint density at radius 2 is 1.56 bits per heavy atom. The Hall–Kier alpha value is -3.81. The van der Waals surface area contributed by atoms with Gasteiger partial charge in [0.15, 0.2) is 0 Å². The molecule has 3 rings (SSSR count). The number of hydrogen-bond acceptors (Lipinski definition) is 3. The molecule has 3 N–H and O–H groups in total. The minimum Gasteiger partial charge on any atom is -0.376 e. The van der Waals surface area contributed by atoms with E-state index in [1.807, 2.05) is 37.3 Å². The van der Waals surface area contributed by atoms with Gasteiger partial charge in [0, 0.05) is 16.9 Å². The minimum absolute atomic E-state index is 0.00409. The van der Waals surface area contributed by atoms with Crippen LogP contribution in [-0.4, -0.2) is 18.4 Å². The number of benzene rings is 3. The van der Waals surface area contributed by atoms with Crippen LogP contribution in [0, 0.1) is 0 Å². The summed E-state index contributed by atoms with van der Waals surface area (Å²) < 4.78 is 38.6.